The van der Waals surface area contributed by atoms with Gasteiger partial charge in [0.1, 0.15) is 17.0 Å². The van der Waals surface area contributed by atoms with Crippen LogP contribution in [0.25, 0.3) is 0 Å². The zero-order chi connectivity index (χ0) is 12.6. The Labute approximate surface area is 96.5 Å². The van der Waals surface area contributed by atoms with E-state index in [0.717, 1.165) is 6.07 Å². The van der Waals surface area contributed by atoms with Gasteiger partial charge in [-0.2, -0.15) is 0 Å². The SMILES string of the molecule is O=C(NC1(C(=O)O)CC1)c1cc(O)ccc1O. The summed E-state index contributed by atoms with van der Waals surface area (Å²) in [7, 11) is 0. The highest BCUT2D eigenvalue weighted by molar-refractivity contribution is 6.01. The number of aliphatic carboxylic acids is 1. The molecule has 0 aromatic heterocycles. The van der Waals surface area contributed by atoms with Crippen molar-refractivity contribution in [1.82, 2.24) is 5.32 Å². The summed E-state index contributed by atoms with van der Waals surface area (Å²) in [6, 6.07) is 3.49. The number of benzene rings is 1. The number of nitrogens with one attached hydrogen (secondary N) is 1. The number of carboxylic acid groups (broad SMARTS) is 1. The molecule has 1 aliphatic rings. The highest BCUT2D eigenvalue weighted by Crippen LogP contribution is 2.36. The van der Waals surface area contributed by atoms with Gasteiger partial charge in [0.25, 0.3) is 5.91 Å². The average Bonchev–Trinajstić information content (AvgIpc) is 3.02. The number of hydrogen-bond donors (Lipinski definition) is 4. The number of carbonyl (C=O) groups is 2. The minimum absolute atomic E-state index is 0.141. The summed E-state index contributed by atoms with van der Waals surface area (Å²) < 4.78 is 0. The minimum Gasteiger partial charge on any atom is -0.508 e. The molecule has 1 aromatic rings. The second-order valence-electron chi connectivity index (χ2n) is 4.04. The molecule has 1 aliphatic carbocycles. The number of carbonyl (C=O) groups excluding carboxylic acids is 1. The van der Waals surface area contributed by atoms with Gasteiger partial charge in [0.2, 0.25) is 0 Å². The lowest BCUT2D eigenvalue weighted by atomic mass is 10.1. The van der Waals surface area contributed by atoms with Gasteiger partial charge in [-0.1, -0.05) is 0 Å². The van der Waals surface area contributed by atoms with Gasteiger partial charge in [0.05, 0.1) is 5.56 Å². The lowest BCUT2D eigenvalue weighted by molar-refractivity contribution is -0.140. The van der Waals surface area contributed by atoms with Gasteiger partial charge >= 0.3 is 5.97 Å². The van der Waals surface area contributed by atoms with Gasteiger partial charge in [0, 0.05) is 0 Å². The molecule has 0 unspecified atom stereocenters. The van der Waals surface area contributed by atoms with E-state index in [1.165, 1.54) is 12.1 Å². The average molecular weight is 237 g/mol. The molecule has 1 aromatic carbocycles. The first-order valence-electron chi connectivity index (χ1n) is 5.02. The van der Waals surface area contributed by atoms with Crippen LogP contribution < -0.4 is 5.32 Å². The molecule has 0 aliphatic heterocycles. The van der Waals surface area contributed by atoms with Crippen LogP contribution in [0.2, 0.25) is 0 Å². The fourth-order valence-corrected chi connectivity index (χ4v) is 1.51. The van der Waals surface area contributed by atoms with E-state index < -0.39 is 17.4 Å². The van der Waals surface area contributed by atoms with Crippen molar-refractivity contribution >= 4 is 11.9 Å². The van der Waals surface area contributed by atoms with E-state index in [2.05, 4.69) is 5.32 Å². The van der Waals surface area contributed by atoms with Crippen molar-refractivity contribution in [3.8, 4) is 11.5 Å². The fraction of sp³-hybridized carbons (Fsp3) is 0.273. The molecule has 2 rings (SSSR count). The van der Waals surface area contributed by atoms with Crippen LogP contribution in [-0.4, -0.2) is 32.7 Å². The first-order valence-corrected chi connectivity index (χ1v) is 5.02. The topological polar surface area (TPSA) is 107 Å². The zero-order valence-corrected chi connectivity index (χ0v) is 8.80. The van der Waals surface area contributed by atoms with Crippen LogP contribution in [0.3, 0.4) is 0 Å². The lowest BCUT2D eigenvalue weighted by Crippen LogP contribution is -2.43. The molecule has 0 saturated heterocycles. The smallest absolute Gasteiger partial charge is 0.329 e. The maximum Gasteiger partial charge on any atom is 0.329 e. The number of hydrogen-bond acceptors (Lipinski definition) is 4. The molecule has 1 fully saturated rings. The summed E-state index contributed by atoms with van der Waals surface area (Å²) in [6.45, 7) is 0. The molecule has 0 bridgehead atoms. The molecule has 1 amide bonds. The Hall–Kier alpha value is -2.24. The van der Waals surface area contributed by atoms with Crippen molar-refractivity contribution in [3.63, 3.8) is 0 Å². The molecule has 0 heterocycles. The molecular formula is C11H11NO5. The van der Waals surface area contributed by atoms with Crippen LogP contribution in [0.15, 0.2) is 18.2 Å². The van der Waals surface area contributed by atoms with Gasteiger partial charge in [-0.25, -0.2) is 4.79 Å². The molecule has 0 radical (unpaired) electrons. The third kappa shape index (κ3) is 2.01. The summed E-state index contributed by atoms with van der Waals surface area (Å²) in [5.41, 5.74) is -1.35. The number of phenols is 2. The van der Waals surface area contributed by atoms with Crippen molar-refractivity contribution in [1.29, 1.82) is 0 Å². The molecular weight excluding hydrogens is 226 g/mol. The number of phenolic OH excluding ortho intramolecular Hbond substituents is 2. The monoisotopic (exact) mass is 237 g/mol. The molecule has 17 heavy (non-hydrogen) atoms. The predicted molar refractivity (Wildman–Crippen MR) is 56.8 cm³/mol. The molecule has 0 atom stereocenters. The maximum atomic E-state index is 11.7. The second kappa shape index (κ2) is 3.65. The van der Waals surface area contributed by atoms with E-state index in [4.69, 9.17) is 5.11 Å². The van der Waals surface area contributed by atoms with Gasteiger partial charge in [0.15, 0.2) is 0 Å². The van der Waals surface area contributed by atoms with Crippen LogP contribution in [0.1, 0.15) is 23.2 Å². The maximum absolute atomic E-state index is 11.7. The summed E-state index contributed by atoms with van der Waals surface area (Å²) in [6.07, 6.45) is 0.737. The zero-order valence-electron chi connectivity index (χ0n) is 8.80. The summed E-state index contributed by atoms with van der Waals surface area (Å²) in [5.74, 6) is -2.28. The number of rotatable bonds is 3. The first kappa shape index (κ1) is 11.3. The van der Waals surface area contributed by atoms with E-state index >= 15 is 0 Å². The minimum atomic E-state index is -1.21. The molecule has 4 N–H and O–H groups in total. The Bertz CT molecular complexity index is 493. The van der Waals surface area contributed by atoms with Gasteiger partial charge in [-0.3, -0.25) is 4.79 Å². The van der Waals surface area contributed by atoms with Crippen LogP contribution in [-0.2, 0) is 4.79 Å². The summed E-state index contributed by atoms with van der Waals surface area (Å²) in [5, 5.41) is 29.9. The Morgan fingerprint density at radius 3 is 2.41 bits per heavy atom. The van der Waals surface area contributed by atoms with Gasteiger partial charge in [-0.15, -0.1) is 0 Å². The normalized spacial score (nSPS) is 16.2. The molecule has 6 heteroatoms. The number of amides is 1. The van der Waals surface area contributed by atoms with Crippen molar-refractivity contribution < 1.29 is 24.9 Å². The van der Waals surface area contributed by atoms with E-state index in [-0.39, 0.29) is 17.1 Å². The number of carboxylic acids is 1. The third-order valence-corrected chi connectivity index (χ3v) is 2.74. The van der Waals surface area contributed by atoms with E-state index in [9.17, 15) is 19.8 Å². The standard InChI is InChI=1S/C11H11NO5/c13-6-1-2-8(14)7(5-6)9(15)12-11(3-4-11)10(16)17/h1-2,5,13-14H,3-4H2,(H,12,15)(H,16,17). The molecule has 0 spiro atoms. The molecule has 6 nitrogen and oxygen atoms in total. The van der Waals surface area contributed by atoms with Crippen molar-refractivity contribution in [2.24, 2.45) is 0 Å². The Balaban J connectivity index is 2.21. The van der Waals surface area contributed by atoms with Crippen molar-refractivity contribution in [2.75, 3.05) is 0 Å². The van der Waals surface area contributed by atoms with Crippen LogP contribution >= 0.6 is 0 Å². The number of aromatic hydroxyl groups is 2. The van der Waals surface area contributed by atoms with Gasteiger partial charge < -0.3 is 20.6 Å². The molecule has 90 valence electrons. The highest BCUT2D eigenvalue weighted by atomic mass is 16.4. The summed E-state index contributed by atoms with van der Waals surface area (Å²) >= 11 is 0. The summed E-state index contributed by atoms with van der Waals surface area (Å²) in [4.78, 5) is 22.6. The third-order valence-electron chi connectivity index (χ3n) is 2.74. The van der Waals surface area contributed by atoms with Crippen molar-refractivity contribution in [3.05, 3.63) is 23.8 Å². The van der Waals surface area contributed by atoms with E-state index in [1.54, 1.807) is 0 Å². The quantitative estimate of drug-likeness (QED) is 0.571. The molecule has 1 saturated carbocycles. The Morgan fingerprint density at radius 1 is 1.24 bits per heavy atom. The second-order valence-corrected chi connectivity index (χ2v) is 4.04. The van der Waals surface area contributed by atoms with E-state index in [0.29, 0.717) is 12.8 Å². The fourth-order valence-electron chi connectivity index (χ4n) is 1.51. The van der Waals surface area contributed by atoms with Gasteiger partial charge in [-0.05, 0) is 31.0 Å². The Morgan fingerprint density at radius 2 is 1.88 bits per heavy atom. The highest BCUT2D eigenvalue weighted by Gasteiger charge is 2.51. The van der Waals surface area contributed by atoms with Crippen LogP contribution in [0.4, 0.5) is 0 Å². The van der Waals surface area contributed by atoms with Crippen LogP contribution in [0.5, 0.6) is 11.5 Å². The van der Waals surface area contributed by atoms with Crippen molar-refractivity contribution in [2.45, 2.75) is 18.4 Å². The lowest BCUT2D eigenvalue weighted by Gasteiger charge is -2.13. The first-order chi connectivity index (χ1) is 7.94. The van der Waals surface area contributed by atoms with Crippen LogP contribution in [0, 0.1) is 0 Å². The largest absolute Gasteiger partial charge is 0.508 e. The Kier molecular flexibility index (Phi) is 2.42. The predicted octanol–water partition coefficient (Wildman–Crippen LogP) is 0.445. The van der Waals surface area contributed by atoms with E-state index in [1.807, 2.05) is 0 Å².